The van der Waals surface area contributed by atoms with Gasteiger partial charge in [0.05, 0.1) is 6.61 Å². The van der Waals surface area contributed by atoms with Crippen LogP contribution in [0.5, 0.6) is 5.75 Å². The SMILES string of the molecule is NOCCc1ccccc1OC(F)F. The lowest BCUT2D eigenvalue weighted by Gasteiger charge is -2.09. The first-order valence-corrected chi connectivity index (χ1v) is 4.08. The van der Waals surface area contributed by atoms with Gasteiger partial charge in [0.25, 0.3) is 0 Å². The van der Waals surface area contributed by atoms with Gasteiger partial charge in [-0.3, -0.25) is 0 Å². The van der Waals surface area contributed by atoms with Crippen molar-refractivity contribution in [3.05, 3.63) is 29.8 Å². The number of nitrogens with two attached hydrogens (primary N) is 1. The molecule has 0 aliphatic heterocycles. The third-order valence-corrected chi connectivity index (χ3v) is 1.68. The number of ether oxygens (including phenoxy) is 1. The van der Waals surface area contributed by atoms with Gasteiger partial charge in [-0.05, 0) is 11.6 Å². The standard InChI is InChI=1S/C9H11F2NO2/c10-9(11)14-8-4-2-1-3-7(8)5-6-13-12/h1-4,9H,5-6,12H2. The minimum atomic E-state index is -2.81. The van der Waals surface area contributed by atoms with Crippen LogP contribution in [0.15, 0.2) is 24.3 Å². The van der Waals surface area contributed by atoms with E-state index in [1.165, 1.54) is 6.07 Å². The molecule has 0 saturated heterocycles. The summed E-state index contributed by atoms with van der Waals surface area (Å²) in [6, 6.07) is 6.55. The van der Waals surface area contributed by atoms with Gasteiger partial charge in [0.2, 0.25) is 0 Å². The molecule has 5 heteroatoms. The van der Waals surface area contributed by atoms with E-state index in [9.17, 15) is 8.78 Å². The monoisotopic (exact) mass is 203 g/mol. The molecule has 0 radical (unpaired) electrons. The highest BCUT2D eigenvalue weighted by Crippen LogP contribution is 2.20. The molecule has 3 nitrogen and oxygen atoms in total. The Bertz CT molecular complexity index is 281. The molecule has 0 saturated carbocycles. The fourth-order valence-corrected chi connectivity index (χ4v) is 1.09. The fraction of sp³-hybridized carbons (Fsp3) is 0.333. The molecule has 1 rings (SSSR count). The summed E-state index contributed by atoms with van der Waals surface area (Å²) in [4.78, 5) is 4.36. The Labute approximate surface area is 80.4 Å². The Morgan fingerprint density at radius 2 is 2.00 bits per heavy atom. The number of halogens is 2. The molecule has 0 spiro atoms. The molecular formula is C9H11F2NO2. The van der Waals surface area contributed by atoms with E-state index in [2.05, 4.69) is 9.57 Å². The van der Waals surface area contributed by atoms with Gasteiger partial charge in [0, 0.05) is 6.42 Å². The summed E-state index contributed by atoms with van der Waals surface area (Å²) in [5, 5.41) is 0. The Morgan fingerprint density at radius 3 is 2.64 bits per heavy atom. The number of rotatable bonds is 5. The Balaban J connectivity index is 2.69. The molecule has 0 aliphatic carbocycles. The molecule has 0 aliphatic rings. The predicted molar refractivity (Wildman–Crippen MR) is 46.9 cm³/mol. The highest BCUT2D eigenvalue weighted by molar-refractivity contribution is 5.33. The first-order valence-electron chi connectivity index (χ1n) is 4.08. The summed E-state index contributed by atoms with van der Waals surface area (Å²) in [5.41, 5.74) is 0.651. The number of hydrogen-bond donors (Lipinski definition) is 1. The minimum absolute atomic E-state index is 0.166. The van der Waals surface area contributed by atoms with Crippen molar-refractivity contribution >= 4 is 0 Å². The first-order chi connectivity index (χ1) is 6.74. The number of hydrogen-bond acceptors (Lipinski definition) is 3. The van der Waals surface area contributed by atoms with Crippen LogP contribution in [-0.2, 0) is 11.3 Å². The third kappa shape index (κ3) is 3.27. The van der Waals surface area contributed by atoms with Crippen LogP contribution in [0.2, 0.25) is 0 Å². The molecule has 14 heavy (non-hydrogen) atoms. The third-order valence-electron chi connectivity index (χ3n) is 1.68. The molecule has 0 amide bonds. The molecule has 0 unspecified atom stereocenters. The molecule has 0 atom stereocenters. The summed E-state index contributed by atoms with van der Waals surface area (Å²) in [5.74, 6) is 5.00. The number of alkyl halides is 2. The van der Waals surface area contributed by atoms with Gasteiger partial charge in [-0.25, -0.2) is 5.90 Å². The predicted octanol–water partition coefficient (Wildman–Crippen LogP) is 1.72. The van der Waals surface area contributed by atoms with Crippen molar-refractivity contribution in [3.63, 3.8) is 0 Å². The van der Waals surface area contributed by atoms with Crippen molar-refractivity contribution in [1.82, 2.24) is 0 Å². The zero-order valence-electron chi connectivity index (χ0n) is 7.45. The second-order valence-electron chi connectivity index (χ2n) is 2.61. The van der Waals surface area contributed by atoms with E-state index in [4.69, 9.17) is 5.90 Å². The maximum absolute atomic E-state index is 11.9. The van der Waals surface area contributed by atoms with Crippen LogP contribution in [0.1, 0.15) is 5.56 Å². The molecule has 78 valence electrons. The minimum Gasteiger partial charge on any atom is -0.435 e. The van der Waals surface area contributed by atoms with Crippen LogP contribution in [-0.4, -0.2) is 13.2 Å². The largest absolute Gasteiger partial charge is 0.435 e. The molecule has 0 aromatic heterocycles. The lowest BCUT2D eigenvalue weighted by molar-refractivity contribution is -0.0506. The molecule has 0 heterocycles. The van der Waals surface area contributed by atoms with E-state index in [-0.39, 0.29) is 12.4 Å². The van der Waals surface area contributed by atoms with Gasteiger partial charge in [-0.2, -0.15) is 8.78 Å². The van der Waals surface area contributed by atoms with Crippen LogP contribution >= 0.6 is 0 Å². The average Bonchev–Trinajstić information content (AvgIpc) is 2.16. The second-order valence-corrected chi connectivity index (χ2v) is 2.61. The van der Waals surface area contributed by atoms with Crippen LogP contribution in [0.4, 0.5) is 8.78 Å². The van der Waals surface area contributed by atoms with E-state index < -0.39 is 6.61 Å². The topological polar surface area (TPSA) is 44.5 Å². The van der Waals surface area contributed by atoms with Crippen LogP contribution < -0.4 is 10.6 Å². The van der Waals surface area contributed by atoms with Crippen molar-refractivity contribution in [1.29, 1.82) is 0 Å². The molecule has 1 aromatic rings. The normalized spacial score (nSPS) is 10.6. The van der Waals surface area contributed by atoms with Gasteiger partial charge in [0.1, 0.15) is 5.75 Å². The zero-order chi connectivity index (χ0) is 10.4. The van der Waals surface area contributed by atoms with E-state index in [1.807, 2.05) is 0 Å². The van der Waals surface area contributed by atoms with Crippen LogP contribution in [0.25, 0.3) is 0 Å². The highest BCUT2D eigenvalue weighted by Gasteiger charge is 2.08. The van der Waals surface area contributed by atoms with Gasteiger partial charge >= 0.3 is 6.61 Å². The molecule has 1 aromatic carbocycles. The Morgan fingerprint density at radius 1 is 1.29 bits per heavy atom. The Kier molecular flexibility index (Phi) is 4.28. The maximum Gasteiger partial charge on any atom is 0.387 e. The maximum atomic E-state index is 11.9. The van der Waals surface area contributed by atoms with E-state index in [0.29, 0.717) is 12.0 Å². The van der Waals surface area contributed by atoms with Crippen LogP contribution in [0, 0.1) is 0 Å². The van der Waals surface area contributed by atoms with Gasteiger partial charge in [-0.15, -0.1) is 0 Å². The molecule has 0 fully saturated rings. The van der Waals surface area contributed by atoms with Gasteiger partial charge in [0.15, 0.2) is 0 Å². The molecular weight excluding hydrogens is 192 g/mol. The quantitative estimate of drug-likeness (QED) is 0.741. The highest BCUT2D eigenvalue weighted by atomic mass is 19.3. The van der Waals surface area contributed by atoms with Crippen LogP contribution in [0.3, 0.4) is 0 Å². The number of para-hydroxylation sites is 1. The van der Waals surface area contributed by atoms with Gasteiger partial charge in [-0.1, -0.05) is 18.2 Å². The van der Waals surface area contributed by atoms with E-state index >= 15 is 0 Å². The summed E-state index contributed by atoms with van der Waals surface area (Å²) < 4.78 is 28.2. The summed E-state index contributed by atoms with van der Waals surface area (Å²) >= 11 is 0. The van der Waals surface area contributed by atoms with Crippen molar-refractivity contribution in [3.8, 4) is 5.75 Å². The first kappa shape index (κ1) is 10.9. The zero-order valence-corrected chi connectivity index (χ0v) is 7.45. The second kappa shape index (κ2) is 5.51. The van der Waals surface area contributed by atoms with Gasteiger partial charge < -0.3 is 9.57 Å². The smallest absolute Gasteiger partial charge is 0.387 e. The Hall–Kier alpha value is -1.20. The van der Waals surface area contributed by atoms with Crippen molar-refractivity contribution in [2.75, 3.05) is 6.61 Å². The summed E-state index contributed by atoms with van der Waals surface area (Å²) in [6.07, 6.45) is 0.444. The molecule has 2 N–H and O–H groups in total. The average molecular weight is 203 g/mol. The fourth-order valence-electron chi connectivity index (χ4n) is 1.09. The van der Waals surface area contributed by atoms with Crippen molar-refractivity contribution < 1.29 is 18.4 Å². The van der Waals surface area contributed by atoms with E-state index in [1.54, 1.807) is 18.2 Å². The summed E-state index contributed by atoms with van der Waals surface area (Å²) in [7, 11) is 0. The van der Waals surface area contributed by atoms with Crippen molar-refractivity contribution in [2.24, 2.45) is 5.90 Å². The lowest BCUT2D eigenvalue weighted by atomic mass is 10.1. The number of benzene rings is 1. The molecule has 0 bridgehead atoms. The lowest BCUT2D eigenvalue weighted by Crippen LogP contribution is -2.07. The van der Waals surface area contributed by atoms with E-state index in [0.717, 1.165) is 0 Å². The summed E-state index contributed by atoms with van der Waals surface area (Å²) in [6.45, 7) is -2.54. The van der Waals surface area contributed by atoms with Crippen molar-refractivity contribution in [2.45, 2.75) is 13.0 Å².